The monoisotopic (exact) mass is 386 g/mol. The Hall–Kier alpha value is -3.39. The molecule has 0 aliphatic heterocycles. The Morgan fingerprint density at radius 2 is 1.89 bits per heavy atom. The van der Waals surface area contributed by atoms with Gasteiger partial charge in [-0.2, -0.15) is 5.10 Å². The molecule has 2 aromatic carbocycles. The van der Waals surface area contributed by atoms with E-state index in [2.05, 4.69) is 10.4 Å². The Labute approximate surface area is 159 Å². The summed E-state index contributed by atoms with van der Waals surface area (Å²) >= 11 is 5.83. The first-order chi connectivity index (χ1) is 12.8. The maximum absolute atomic E-state index is 12.4. The predicted molar refractivity (Wildman–Crippen MR) is 101 cm³/mol. The molecule has 1 N–H and O–H groups in total. The molecule has 0 unspecified atom stereocenters. The SMILES string of the molecule is Cc1cc(C(=O)Nc2cc(Oc3ccc(Cl)cc3)cc([N+](=O)[O-])c2)nn1C. The van der Waals surface area contributed by atoms with E-state index in [1.54, 1.807) is 42.1 Å². The van der Waals surface area contributed by atoms with Crippen LogP contribution >= 0.6 is 11.6 Å². The highest BCUT2D eigenvalue weighted by atomic mass is 35.5. The van der Waals surface area contributed by atoms with Crippen LogP contribution in [0.2, 0.25) is 5.02 Å². The smallest absolute Gasteiger partial charge is 0.276 e. The number of aromatic nitrogens is 2. The molecule has 1 heterocycles. The van der Waals surface area contributed by atoms with Crippen LogP contribution in [0.3, 0.4) is 0 Å². The molecular weight excluding hydrogens is 372 g/mol. The van der Waals surface area contributed by atoms with Crippen molar-refractivity contribution in [2.45, 2.75) is 6.92 Å². The summed E-state index contributed by atoms with van der Waals surface area (Å²) < 4.78 is 7.21. The zero-order valence-corrected chi connectivity index (χ0v) is 15.2. The number of nitro benzene ring substituents is 1. The number of amides is 1. The summed E-state index contributed by atoms with van der Waals surface area (Å²) in [5.74, 6) is 0.188. The molecular formula is C18H15ClN4O4. The molecule has 0 bridgehead atoms. The van der Waals surface area contributed by atoms with Crippen molar-refractivity contribution in [3.8, 4) is 11.5 Å². The molecule has 3 aromatic rings. The molecule has 0 fully saturated rings. The fourth-order valence-corrected chi connectivity index (χ4v) is 2.45. The van der Waals surface area contributed by atoms with Crippen LogP contribution in [0.1, 0.15) is 16.2 Å². The quantitative estimate of drug-likeness (QED) is 0.519. The van der Waals surface area contributed by atoms with Crippen molar-refractivity contribution in [2.75, 3.05) is 5.32 Å². The molecule has 0 radical (unpaired) electrons. The van der Waals surface area contributed by atoms with E-state index in [0.29, 0.717) is 10.8 Å². The third-order valence-corrected chi connectivity index (χ3v) is 4.01. The summed E-state index contributed by atoms with van der Waals surface area (Å²) in [7, 11) is 1.72. The minimum absolute atomic E-state index is 0.207. The van der Waals surface area contributed by atoms with E-state index in [-0.39, 0.29) is 22.8 Å². The van der Waals surface area contributed by atoms with E-state index >= 15 is 0 Å². The van der Waals surface area contributed by atoms with Gasteiger partial charge in [0.05, 0.1) is 16.7 Å². The molecule has 27 heavy (non-hydrogen) atoms. The van der Waals surface area contributed by atoms with Crippen LogP contribution in [-0.2, 0) is 7.05 Å². The summed E-state index contributed by atoms with van der Waals surface area (Å²) in [6, 6.07) is 12.2. The molecule has 0 aliphatic carbocycles. The van der Waals surface area contributed by atoms with Crippen LogP contribution in [0.5, 0.6) is 11.5 Å². The summed E-state index contributed by atoms with van der Waals surface area (Å²) in [6.45, 7) is 1.81. The first-order valence-electron chi connectivity index (χ1n) is 7.87. The summed E-state index contributed by atoms with van der Waals surface area (Å²) in [5, 5.41) is 18.5. The van der Waals surface area contributed by atoms with Gasteiger partial charge in [0.1, 0.15) is 11.5 Å². The van der Waals surface area contributed by atoms with Gasteiger partial charge >= 0.3 is 0 Å². The number of hydrogen-bond acceptors (Lipinski definition) is 5. The maximum atomic E-state index is 12.4. The van der Waals surface area contributed by atoms with Gasteiger partial charge in [0, 0.05) is 29.9 Å². The summed E-state index contributed by atoms with van der Waals surface area (Å²) in [6.07, 6.45) is 0. The summed E-state index contributed by atoms with van der Waals surface area (Å²) in [4.78, 5) is 23.0. The first kappa shape index (κ1) is 18.4. The Morgan fingerprint density at radius 3 is 2.48 bits per heavy atom. The van der Waals surface area contributed by atoms with Crippen molar-refractivity contribution >= 4 is 28.9 Å². The molecule has 0 aliphatic rings. The van der Waals surface area contributed by atoms with E-state index in [1.807, 2.05) is 6.92 Å². The summed E-state index contributed by atoms with van der Waals surface area (Å²) in [5.41, 5.74) is 1.03. The first-order valence-corrected chi connectivity index (χ1v) is 8.24. The highest BCUT2D eigenvalue weighted by Crippen LogP contribution is 2.30. The van der Waals surface area contributed by atoms with Crippen LogP contribution in [-0.4, -0.2) is 20.6 Å². The fourth-order valence-electron chi connectivity index (χ4n) is 2.33. The Morgan fingerprint density at radius 1 is 1.19 bits per heavy atom. The van der Waals surface area contributed by atoms with Gasteiger partial charge in [-0.1, -0.05) is 11.6 Å². The highest BCUT2D eigenvalue weighted by molar-refractivity contribution is 6.30. The molecule has 9 heteroatoms. The van der Waals surface area contributed by atoms with Gasteiger partial charge in [-0.15, -0.1) is 0 Å². The molecule has 138 valence electrons. The third kappa shape index (κ3) is 4.42. The van der Waals surface area contributed by atoms with Gasteiger partial charge in [-0.3, -0.25) is 19.6 Å². The van der Waals surface area contributed by atoms with Crippen LogP contribution in [0.15, 0.2) is 48.5 Å². The van der Waals surface area contributed by atoms with Gasteiger partial charge in [-0.05, 0) is 37.3 Å². The number of nitrogens with one attached hydrogen (secondary N) is 1. The van der Waals surface area contributed by atoms with Crippen molar-refractivity contribution in [1.82, 2.24) is 9.78 Å². The van der Waals surface area contributed by atoms with Crippen molar-refractivity contribution in [3.63, 3.8) is 0 Å². The molecule has 0 saturated heterocycles. The van der Waals surface area contributed by atoms with Gasteiger partial charge in [0.25, 0.3) is 11.6 Å². The van der Waals surface area contributed by atoms with Crippen molar-refractivity contribution in [3.05, 3.63) is 75.1 Å². The second-order valence-electron chi connectivity index (χ2n) is 5.78. The number of carbonyl (C=O) groups excluding carboxylic acids is 1. The maximum Gasteiger partial charge on any atom is 0.276 e. The zero-order chi connectivity index (χ0) is 19.6. The lowest BCUT2D eigenvalue weighted by atomic mass is 10.2. The van der Waals surface area contributed by atoms with Gasteiger partial charge < -0.3 is 10.1 Å². The number of ether oxygens (including phenoxy) is 1. The van der Waals surface area contributed by atoms with Crippen LogP contribution < -0.4 is 10.1 Å². The number of non-ortho nitro benzene ring substituents is 1. The normalized spacial score (nSPS) is 10.5. The minimum Gasteiger partial charge on any atom is -0.457 e. The van der Waals surface area contributed by atoms with Crippen molar-refractivity contribution in [2.24, 2.45) is 7.05 Å². The number of nitro groups is 1. The Balaban J connectivity index is 1.87. The number of nitrogens with zero attached hydrogens (tertiary/aromatic N) is 3. The highest BCUT2D eigenvalue weighted by Gasteiger charge is 2.16. The number of anilines is 1. The topological polar surface area (TPSA) is 99.3 Å². The Kier molecular flexibility index (Phi) is 5.09. The van der Waals surface area contributed by atoms with E-state index in [0.717, 1.165) is 5.69 Å². The van der Waals surface area contributed by atoms with E-state index in [1.165, 1.54) is 18.2 Å². The van der Waals surface area contributed by atoms with Gasteiger partial charge in [-0.25, -0.2) is 0 Å². The van der Waals surface area contributed by atoms with E-state index in [4.69, 9.17) is 16.3 Å². The van der Waals surface area contributed by atoms with Gasteiger partial charge in [0.15, 0.2) is 5.69 Å². The predicted octanol–water partition coefficient (Wildman–Crippen LogP) is 4.33. The zero-order valence-electron chi connectivity index (χ0n) is 14.5. The second kappa shape index (κ2) is 7.46. The molecule has 0 atom stereocenters. The number of aryl methyl sites for hydroxylation is 2. The lowest BCUT2D eigenvalue weighted by Crippen LogP contribution is -2.13. The fraction of sp³-hybridized carbons (Fsp3) is 0.111. The van der Waals surface area contributed by atoms with Crippen LogP contribution in [0, 0.1) is 17.0 Å². The number of carbonyl (C=O) groups is 1. The number of rotatable bonds is 5. The molecule has 3 rings (SSSR count). The Bertz CT molecular complexity index is 995. The minimum atomic E-state index is -0.560. The molecule has 0 saturated carbocycles. The molecule has 8 nitrogen and oxygen atoms in total. The number of halogens is 1. The van der Waals surface area contributed by atoms with Crippen molar-refractivity contribution < 1.29 is 14.5 Å². The molecule has 1 amide bonds. The van der Waals surface area contributed by atoms with Gasteiger partial charge in [0.2, 0.25) is 0 Å². The molecule has 1 aromatic heterocycles. The average Bonchev–Trinajstić information content (AvgIpc) is 2.96. The van der Waals surface area contributed by atoms with Crippen molar-refractivity contribution in [1.29, 1.82) is 0 Å². The number of benzene rings is 2. The third-order valence-electron chi connectivity index (χ3n) is 3.76. The lowest BCUT2D eigenvalue weighted by molar-refractivity contribution is -0.384. The van der Waals surface area contributed by atoms with Crippen LogP contribution in [0.25, 0.3) is 0 Å². The number of hydrogen-bond donors (Lipinski definition) is 1. The molecule has 0 spiro atoms. The lowest BCUT2D eigenvalue weighted by Gasteiger charge is -2.09. The van der Waals surface area contributed by atoms with E-state index < -0.39 is 10.8 Å². The average molecular weight is 387 g/mol. The van der Waals surface area contributed by atoms with E-state index in [9.17, 15) is 14.9 Å². The van der Waals surface area contributed by atoms with Crippen LogP contribution in [0.4, 0.5) is 11.4 Å². The second-order valence-corrected chi connectivity index (χ2v) is 6.21. The standard InChI is InChI=1S/C18H15ClN4O4/c1-11-7-17(21-22(11)2)18(24)20-13-8-14(23(25)26)10-16(9-13)27-15-5-3-12(19)4-6-15/h3-10H,1-2H3,(H,20,24). The largest absolute Gasteiger partial charge is 0.457 e.